The van der Waals surface area contributed by atoms with Crippen LogP contribution in [0.1, 0.15) is 29.2 Å². The number of carbonyl (C=O) groups is 1. The number of methoxy groups -OCH3 is 1. The van der Waals surface area contributed by atoms with E-state index in [2.05, 4.69) is 10.5 Å². The molecule has 0 spiro atoms. The molecule has 0 aliphatic carbocycles. The lowest BCUT2D eigenvalue weighted by molar-refractivity contribution is -0.120. The Labute approximate surface area is 137 Å². The minimum Gasteiger partial charge on any atom is -0.497 e. The molecule has 1 amide bonds. The van der Waals surface area contributed by atoms with Gasteiger partial charge < -0.3 is 4.74 Å². The first-order valence-corrected chi connectivity index (χ1v) is 7.53. The molecule has 0 heterocycles. The Morgan fingerprint density at radius 3 is 2.48 bits per heavy atom. The Bertz CT molecular complexity index is 719. The van der Waals surface area contributed by atoms with Crippen LogP contribution in [-0.2, 0) is 11.2 Å². The number of hydrogen-bond donors (Lipinski definition) is 1. The molecule has 120 valence electrons. The number of hydrazone groups is 1. The Balaban J connectivity index is 2.00. The fourth-order valence-corrected chi connectivity index (χ4v) is 2.25. The molecule has 0 unspecified atom stereocenters. The summed E-state index contributed by atoms with van der Waals surface area (Å²) in [7, 11) is 1.63. The maximum Gasteiger partial charge on any atom is 0.244 e. The molecule has 2 rings (SSSR count). The van der Waals surface area contributed by atoms with Crippen molar-refractivity contribution in [3.05, 3.63) is 64.7 Å². The summed E-state index contributed by atoms with van der Waals surface area (Å²) in [5.74, 6) is 0.673. The highest BCUT2D eigenvalue weighted by Gasteiger charge is 2.06. The average Bonchev–Trinajstić information content (AvgIpc) is 2.56. The van der Waals surface area contributed by atoms with Gasteiger partial charge in [-0.1, -0.05) is 23.8 Å². The first kappa shape index (κ1) is 16.7. The second-order valence-electron chi connectivity index (χ2n) is 5.57. The molecule has 0 atom stereocenters. The monoisotopic (exact) mass is 310 g/mol. The zero-order chi connectivity index (χ0) is 16.8. The third kappa shape index (κ3) is 4.68. The molecule has 1 N–H and O–H groups in total. The smallest absolute Gasteiger partial charge is 0.244 e. The Hall–Kier alpha value is -2.62. The molecule has 4 heteroatoms. The van der Waals surface area contributed by atoms with Crippen LogP contribution in [0.2, 0.25) is 0 Å². The molecule has 2 aromatic rings. The molecule has 0 radical (unpaired) electrons. The van der Waals surface area contributed by atoms with Crippen LogP contribution in [0.5, 0.6) is 5.75 Å². The molecular weight excluding hydrogens is 288 g/mol. The second-order valence-corrected chi connectivity index (χ2v) is 5.57. The van der Waals surface area contributed by atoms with Crippen LogP contribution >= 0.6 is 0 Å². The third-order valence-electron chi connectivity index (χ3n) is 3.71. The Morgan fingerprint density at radius 2 is 1.83 bits per heavy atom. The van der Waals surface area contributed by atoms with E-state index in [4.69, 9.17) is 4.74 Å². The SMILES string of the molecule is COc1ccc(/C(C)=N\NC(=O)Cc2cc(C)ccc2C)cc1. The van der Waals surface area contributed by atoms with E-state index in [-0.39, 0.29) is 5.91 Å². The first-order valence-electron chi connectivity index (χ1n) is 7.53. The van der Waals surface area contributed by atoms with Gasteiger partial charge >= 0.3 is 0 Å². The second kappa shape index (κ2) is 7.58. The van der Waals surface area contributed by atoms with Crippen LogP contribution in [0.3, 0.4) is 0 Å². The largest absolute Gasteiger partial charge is 0.497 e. The molecule has 0 saturated carbocycles. The average molecular weight is 310 g/mol. The van der Waals surface area contributed by atoms with Crippen molar-refractivity contribution < 1.29 is 9.53 Å². The summed E-state index contributed by atoms with van der Waals surface area (Å²) in [4.78, 5) is 12.1. The van der Waals surface area contributed by atoms with Crippen molar-refractivity contribution in [1.82, 2.24) is 5.43 Å². The lowest BCUT2D eigenvalue weighted by Crippen LogP contribution is -2.21. The maximum absolute atomic E-state index is 12.1. The minimum absolute atomic E-state index is 0.119. The van der Waals surface area contributed by atoms with E-state index in [9.17, 15) is 4.79 Å². The van der Waals surface area contributed by atoms with Gasteiger partial charge in [0.2, 0.25) is 5.91 Å². The number of carbonyl (C=O) groups excluding carboxylic acids is 1. The minimum atomic E-state index is -0.119. The number of rotatable bonds is 5. The summed E-state index contributed by atoms with van der Waals surface area (Å²) in [5, 5.41) is 4.17. The maximum atomic E-state index is 12.1. The van der Waals surface area contributed by atoms with Crippen molar-refractivity contribution in [2.24, 2.45) is 5.10 Å². The molecule has 0 saturated heterocycles. The van der Waals surface area contributed by atoms with Crippen LogP contribution in [-0.4, -0.2) is 18.7 Å². The number of amides is 1. The molecule has 23 heavy (non-hydrogen) atoms. The molecule has 2 aromatic carbocycles. The van der Waals surface area contributed by atoms with Crippen molar-refractivity contribution in [2.75, 3.05) is 7.11 Å². The van der Waals surface area contributed by atoms with E-state index < -0.39 is 0 Å². The fourth-order valence-electron chi connectivity index (χ4n) is 2.25. The van der Waals surface area contributed by atoms with Crippen molar-refractivity contribution in [3.8, 4) is 5.75 Å². The van der Waals surface area contributed by atoms with Gasteiger partial charge in [-0.3, -0.25) is 4.79 Å². The van der Waals surface area contributed by atoms with E-state index in [0.717, 1.165) is 33.7 Å². The highest BCUT2D eigenvalue weighted by Crippen LogP contribution is 2.12. The van der Waals surface area contributed by atoms with Gasteiger partial charge in [0.15, 0.2) is 0 Å². The van der Waals surface area contributed by atoms with Crippen LogP contribution in [0.4, 0.5) is 0 Å². The standard InChI is InChI=1S/C19H22N2O2/c1-13-5-6-14(2)17(11-13)12-19(22)21-20-15(3)16-7-9-18(23-4)10-8-16/h5-11H,12H2,1-4H3,(H,21,22)/b20-15-. The van der Waals surface area contributed by atoms with Crippen molar-refractivity contribution in [3.63, 3.8) is 0 Å². The van der Waals surface area contributed by atoms with Crippen LogP contribution in [0, 0.1) is 13.8 Å². The van der Waals surface area contributed by atoms with Gasteiger partial charge in [0.1, 0.15) is 5.75 Å². The van der Waals surface area contributed by atoms with Gasteiger partial charge in [-0.2, -0.15) is 5.10 Å². The van der Waals surface area contributed by atoms with Crippen molar-refractivity contribution >= 4 is 11.6 Å². The number of hydrogen-bond acceptors (Lipinski definition) is 3. The fraction of sp³-hybridized carbons (Fsp3) is 0.263. The van der Waals surface area contributed by atoms with Gasteiger partial charge in [0.05, 0.1) is 19.2 Å². The number of nitrogens with one attached hydrogen (secondary N) is 1. The molecule has 0 aliphatic heterocycles. The van der Waals surface area contributed by atoms with Gasteiger partial charge in [0.25, 0.3) is 0 Å². The number of aryl methyl sites for hydroxylation is 2. The van der Waals surface area contributed by atoms with Gasteiger partial charge in [-0.05, 0) is 61.7 Å². The third-order valence-corrected chi connectivity index (χ3v) is 3.71. The summed E-state index contributed by atoms with van der Waals surface area (Å²) in [6.07, 6.45) is 0.326. The zero-order valence-electron chi connectivity index (χ0n) is 14.0. The lowest BCUT2D eigenvalue weighted by atomic mass is 10.0. The summed E-state index contributed by atoms with van der Waals surface area (Å²) >= 11 is 0. The number of nitrogens with zero attached hydrogens (tertiary/aromatic N) is 1. The van der Waals surface area contributed by atoms with Gasteiger partial charge in [-0.25, -0.2) is 5.43 Å². The van der Waals surface area contributed by atoms with Crippen LogP contribution in [0.15, 0.2) is 47.6 Å². The van der Waals surface area contributed by atoms with Crippen molar-refractivity contribution in [1.29, 1.82) is 0 Å². The lowest BCUT2D eigenvalue weighted by Gasteiger charge is -2.07. The molecular formula is C19H22N2O2. The van der Waals surface area contributed by atoms with E-state index in [0.29, 0.717) is 6.42 Å². The summed E-state index contributed by atoms with van der Waals surface area (Å²) in [5.41, 5.74) is 7.61. The first-order chi connectivity index (χ1) is 11.0. The van der Waals surface area contributed by atoms with Crippen LogP contribution < -0.4 is 10.2 Å². The predicted octanol–water partition coefficient (Wildman–Crippen LogP) is 3.39. The normalized spacial score (nSPS) is 11.2. The molecule has 0 aliphatic rings. The van der Waals surface area contributed by atoms with Gasteiger partial charge in [0, 0.05) is 0 Å². The number of benzene rings is 2. The molecule has 4 nitrogen and oxygen atoms in total. The Morgan fingerprint density at radius 1 is 1.13 bits per heavy atom. The summed E-state index contributed by atoms with van der Waals surface area (Å²) in [6, 6.07) is 13.7. The van der Waals surface area contributed by atoms with E-state index in [1.54, 1.807) is 7.11 Å². The topological polar surface area (TPSA) is 50.7 Å². The predicted molar refractivity (Wildman–Crippen MR) is 93.0 cm³/mol. The Kier molecular flexibility index (Phi) is 5.52. The summed E-state index contributed by atoms with van der Waals surface area (Å²) < 4.78 is 5.12. The highest BCUT2D eigenvalue weighted by molar-refractivity contribution is 5.99. The highest BCUT2D eigenvalue weighted by atomic mass is 16.5. The quantitative estimate of drug-likeness (QED) is 0.680. The van der Waals surface area contributed by atoms with Crippen LogP contribution in [0.25, 0.3) is 0 Å². The van der Waals surface area contributed by atoms with E-state index in [1.165, 1.54) is 0 Å². The molecule has 0 bridgehead atoms. The van der Waals surface area contributed by atoms with E-state index in [1.807, 2.05) is 63.2 Å². The molecule has 0 fully saturated rings. The summed E-state index contributed by atoms with van der Waals surface area (Å²) in [6.45, 7) is 5.89. The zero-order valence-corrected chi connectivity index (χ0v) is 14.0. The van der Waals surface area contributed by atoms with E-state index >= 15 is 0 Å². The van der Waals surface area contributed by atoms with Crippen molar-refractivity contribution in [2.45, 2.75) is 27.2 Å². The van der Waals surface area contributed by atoms with Gasteiger partial charge in [-0.15, -0.1) is 0 Å². The number of ether oxygens (including phenoxy) is 1. The molecule has 0 aromatic heterocycles.